The molecule has 8 nitrogen and oxygen atoms in total. The fraction of sp³-hybridized carbons (Fsp3) is 0.304. The van der Waals surface area contributed by atoms with Crippen LogP contribution < -0.4 is 15.0 Å². The van der Waals surface area contributed by atoms with Crippen LogP contribution in [0, 0.1) is 0 Å². The molecule has 168 valence electrons. The van der Waals surface area contributed by atoms with E-state index in [1.54, 1.807) is 51.1 Å². The first-order valence-electron chi connectivity index (χ1n) is 9.97. The van der Waals surface area contributed by atoms with Gasteiger partial charge in [0, 0.05) is 34.5 Å². The lowest BCUT2D eigenvalue weighted by Crippen LogP contribution is -2.59. The number of nitrogens with zero attached hydrogens (tertiary/aromatic N) is 2. The quantitative estimate of drug-likeness (QED) is 0.621. The Labute approximate surface area is 187 Å². The van der Waals surface area contributed by atoms with Gasteiger partial charge < -0.3 is 19.7 Å². The molecule has 0 spiro atoms. The third-order valence-electron chi connectivity index (χ3n) is 5.78. The number of rotatable bonds is 4. The molecule has 2 unspecified atom stereocenters. The number of benzene rings is 2. The highest BCUT2D eigenvalue weighted by Crippen LogP contribution is 2.48. The molecule has 2 N–H and O–H groups in total. The minimum atomic E-state index is -1.58. The number of phenolic OH excluding ortho intramolecular Hbond substituents is 1. The second kappa shape index (κ2) is 7.75. The molecular formula is C23H24N2O6S. The molecule has 1 aliphatic rings. The SMILES string of the molecule is Cn1nc(OC2c3cc(S(=O)c4cccc(O)c4)ccc3OC(C)(C)[C@@]2(C)O)ccc1=O. The van der Waals surface area contributed by atoms with Crippen LogP contribution in [0.4, 0.5) is 0 Å². The predicted molar refractivity (Wildman–Crippen MR) is 117 cm³/mol. The topological polar surface area (TPSA) is 111 Å². The van der Waals surface area contributed by atoms with Gasteiger partial charge >= 0.3 is 0 Å². The van der Waals surface area contributed by atoms with Crippen LogP contribution in [0.5, 0.6) is 17.4 Å². The molecule has 0 saturated heterocycles. The number of ether oxygens (including phenoxy) is 2. The average Bonchev–Trinajstić information content (AvgIpc) is 2.73. The number of aryl methyl sites for hydroxylation is 1. The zero-order chi connectivity index (χ0) is 23.3. The maximum atomic E-state index is 13.1. The van der Waals surface area contributed by atoms with Crippen LogP contribution in [0.3, 0.4) is 0 Å². The van der Waals surface area contributed by atoms with Gasteiger partial charge in [-0.2, -0.15) is 0 Å². The van der Waals surface area contributed by atoms with Crippen LogP contribution in [0.2, 0.25) is 0 Å². The average molecular weight is 457 g/mol. The van der Waals surface area contributed by atoms with Gasteiger partial charge in [-0.1, -0.05) is 6.07 Å². The predicted octanol–water partition coefficient (Wildman–Crippen LogP) is 2.69. The Morgan fingerprint density at radius 3 is 2.50 bits per heavy atom. The van der Waals surface area contributed by atoms with Gasteiger partial charge in [-0.05, 0) is 57.2 Å². The molecule has 9 heteroatoms. The van der Waals surface area contributed by atoms with Crippen molar-refractivity contribution in [3.8, 4) is 17.4 Å². The number of phenols is 1. The zero-order valence-corrected chi connectivity index (χ0v) is 18.9. The lowest BCUT2D eigenvalue weighted by atomic mass is 9.77. The molecule has 0 radical (unpaired) electrons. The van der Waals surface area contributed by atoms with E-state index >= 15 is 0 Å². The summed E-state index contributed by atoms with van der Waals surface area (Å²) in [7, 11) is -0.0754. The lowest BCUT2D eigenvalue weighted by Gasteiger charge is -2.48. The van der Waals surface area contributed by atoms with E-state index in [-0.39, 0.29) is 17.2 Å². The molecule has 0 fully saturated rings. The number of aromatic hydroxyl groups is 1. The van der Waals surface area contributed by atoms with Crippen molar-refractivity contribution >= 4 is 10.8 Å². The van der Waals surface area contributed by atoms with E-state index in [4.69, 9.17) is 9.47 Å². The van der Waals surface area contributed by atoms with E-state index in [0.29, 0.717) is 21.1 Å². The van der Waals surface area contributed by atoms with Crippen LogP contribution in [0.1, 0.15) is 32.4 Å². The van der Waals surface area contributed by atoms with Crippen LogP contribution in [0.15, 0.2) is 69.2 Å². The van der Waals surface area contributed by atoms with Crippen molar-refractivity contribution in [2.24, 2.45) is 7.05 Å². The summed E-state index contributed by atoms with van der Waals surface area (Å²) in [6.07, 6.45) is -0.924. The number of hydrogen-bond acceptors (Lipinski definition) is 7. The van der Waals surface area contributed by atoms with Gasteiger partial charge in [0.25, 0.3) is 5.56 Å². The first kappa shape index (κ1) is 22.0. The highest BCUT2D eigenvalue weighted by atomic mass is 32.2. The number of aromatic nitrogens is 2. The molecule has 32 heavy (non-hydrogen) atoms. The summed E-state index contributed by atoms with van der Waals surface area (Å²) in [5.74, 6) is 0.650. The molecule has 2 heterocycles. The standard InChI is InChI=1S/C23H24N2O6S/c1-22(2)23(3,28)21(30-19-10-11-20(27)25(4)24-19)17-13-16(8-9-18(17)31-22)32(29)15-7-5-6-14(26)12-15/h5-13,21,26,28H,1-4H3/t21?,23-,32?/m0/s1. The van der Waals surface area contributed by atoms with Crippen molar-refractivity contribution in [1.82, 2.24) is 9.78 Å². The Balaban J connectivity index is 1.80. The zero-order valence-electron chi connectivity index (χ0n) is 18.1. The van der Waals surface area contributed by atoms with Crippen molar-refractivity contribution in [3.63, 3.8) is 0 Å². The van der Waals surface area contributed by atoms with E-state index in [0.717, 1.165) is 4.68 Å². The van der Waals surface area contributed by atoms with Crippen molar-refractivity contribution in [1.29, 1.82) is 0 Å². The monoisotopic (exact) mass is 456 g/mol. The minimum Gasteiger partial charge on any atom is -0.508 e. The van der Waals surface area contributed by atoms with Crippen molar-refractivity contribution in [2.45, 2.75) is 47.9 Å². The van der Waals surface area contributed by atoms with E-state index in [9.17, 15) is 19.2 Å². The summed E-state index contributed by atoms with van der Waals surface area (Å²) >= 11 is 0. The smallest absolute Gasteiger partial charge is 0.266 e. The maximum Gasteiger partial charge on any atom is 0.266 e. The van der Waals surface area contributed by atoms with Crippen LogP contribution in [-0.2, 0) is 17.8 Å². The van der Waals surface area contributed by atoms with Crippen LogP contribution in [-0.4, -0.2) is 35.4 Å². The first-order chi connectivity index (χ1) is 15.0. The Bertz CT molecular complexity index is 1270. The molecule has 3 atom stereocenters. The van der Waals surface area contributed by atoms with E-state index in [1.807, 2.05) is 0 Å². The third-order valence-corrected chi connectivity index (χ3v) is 7.14. The first-order valence-corrected chi connectivity index (χ1v) is 11.1. The van der Waals surface area contributed by atoms with Crippen molar-refractivity contribution in [2.75, 3.05) is 0 Å². The largest absolute Gasteiger partial charge is 0.508 e. The Morgan fingerprint density at radius 2 is 1.81 bits per heavy atom. The van der Waals surface area contributed by atoms with E-state index < -0.39 is 28.1 Å². The summed E-state index contributed by atoms with van der Waals surface area (Å²) in [5, 5.41) is 25.3. The van der Waals surface area contributed by atoms with Gasteiger partial charge in [-0.3, -0.25) is 4.79 Å². The lowest BCUT2D eigenvalue weighted by molar-refractivity contribution is -0.175. The summed E-state index contributed by atoms with van der Waals surface area (Å²) in [4.78, 5) is 12.6. The Hall–Kier alpha value is -3.17. The van der Waals surface area contributed by atoms with E-state index in [1.165, 1.54) is 31.3 Å². The molecule has 0 bridgehead atoms. The minimum absolute atomic E-state index is 0.0174. The number of fused-ring (bicyclic) bond motifs is 1. The van der Waals surface area contributed by atoms with Gasteiger partial charge in [0.05, 0.1) is 10.8 Å². The molecule has 0 saturated carbocycles. The van der Waals surface area contributed by atoms with Crippen molar-refractivity contribution in [3.05, 3.63) is 70.5 Å². The van der Waals surface area contributed by atoms with E-state index in [2.05, 4.69) is 5.10 Å². The summed E-state index contributed by atoms with van der Waals surface area (Å²) in [6, 6.07) is 14.0. The molecule has 3 aromatic rings. The van der Waals surface area contributed by atoms with Gasteiger partial charge in [0.1, 0.15) is 22.7 Å². The maximum absolute atomic E-state index is 13.1. The fourth-order valence-corrected chi connectivity index (χ4v) is 4.64. The summed E-state index contributed by atoms with van der Waals surface area (Å²) in [5.41, 5.74) is -2.31. The highest BCUT2D eigenvalue weighted by Gasteiger charge is 2.54. The summed E-state index contributed by atoms with van der Waals surface area (Å²) < 4.78 is 26.4. The summed E-state index contributed by atoms with van der Waals surface area (Å²) in [6.45, 7) is 5.10. The molecular weight excluding hydrogens is 432 g/mol. The van der Waals surface area contributed by atoms with Gasteiger partial charge in [-0.15, -0.1) is 5.10 Å². The number of hydrogen-bond donors (Lipinski definition) is 2. The normalized spacial score (nSPS) is 22.5. The second-order valence-electron chi connectivity index (χ2n) is 8.36. The fourth-order valence-electron chi connectivity index (χ4n) is 3.51. The van der Waals surface area contributed by atoms with Gasteiger partial charge in [0.15, 0.2) is 6.10 Å². The molecule has 0 aliphatic carbocycles. The van der Waals surface area contributed by atoms with Crippen molar-refractivity contribution < 1.29 is 23.9 Å². The molecule has 4 rings (SSSR count). The molecule has 1 aromatic heterocycles. The second-order valence-corrected chi connectivity index (χ2v) is 9.84. The molecule has 2 aromatic carbocycles. The van der Waals surface area contributed by atoms with Gasteiger partial charge in [-0.25, -0.2) is 8.89 Å². The Morgan fingerprint density at radius 1 is 1.09 bits per heavy atom. The Kier molecular flexibility index (Phi) is 5.34. The number of aliphatic hydroxyl groups is 1. The molecule has 0 amide bonds. The van der Waals surface area contributed by atoms with Gasteiger partial charge in [0.2, 0.25) is 5.88 Å². The molecule has 1 aliphatic heterocycles. The highest BCUT2D eigenvalue weighted by molar-refractivity contribution is 7.85. The van der Waals surface area contributed by atoms with Crippen LogP contribution >= 0.6 is 0 Å². The third kappa shape index (κ3) is 3.78. The van der Waals surface area contributed by atoms with Crippen LogP contribution in [0.25, 0.3) is 0 Å².